The Balaban J connectivity index is 2.03. The number of phenolic OH excluding ortho intramolecular Hbond substituents is 1. The summed E-state index contributed by atoms with van der Waals surface area (Å²) in [5, 5.41) is 9.74. The molecule has 2 aromatic carbocycles. The van der Waals surface area contributed by atoms with Crippen molar-refractivity contribution in [3.05, 3.63) is 81.1 Å². The highest BCUT2D eigenvalue weighted by Gasteiger charge is 2.24. The topological polar surface area (TPSA) is 86.5 Å². The largest absolute Gasteiger partial charge is 0.508 e. The first kappa shape index (κ1) is 18.0. The number of benzene rings is 2. The second kappa shape index (κ2) is 6.21. The molecule has 5 rings (SSSR count). The first-order valence-electron chi connectivity index (χ1n) is 9.44. The Morgan fingerprint density at radius 2 is 1.57 bits per heavy atom. The number of nitrogens with zero attached hydrogens (tertiary/aromatic N) is 5. The van der Waals surface area contributed by atoms with Gasteiger partial charge in [0.25, 0.3) is 5.56 Å². The third kappa shape index (κ3) is 2.30. The zero-order valence-electron chi connectivity index (χ0n) is 16.7. The molecule has 5 aromatic rings. The minimum Gasteiger partial charge on any atom is -0.508 e. The van der Waals surface area contributed by atoms with Crippen LogP contribution in [0.4, 0.5) is 0 Å². The van der Waals surface area contributed by atoms with E-state index in [1.54, 1.807) is 35.7 Å². The molecular formula is C22H19N5O3. The number of hydrogen-bond donors (Lipinski definition) is 1. The Hall–Kier alpha value is -4.07. The van der Waals surface area contributed by atoms with Crippen molar-refractivity contribution in [2.24, 2.45) is 14.1 Å². The molecular weight excluding hydrogens is 382 g/mol. The predicted molar refractivity (Wildman–Crippen MR) is 114 cm³/mol. The van der Waals surface area contributed by atoms with Crippen LogP contribution in [-0.2, 0) is 14.1 Å². The van der Waals surface area contributed by atoms with Crippen LogP contribution in [0, 0.1) is 6.92 Å². The molecule has 0 aliphatic heterocycles. The highest BCUT2D eigenvalue weighted by atomic mass is 16.3. The van der Waals surface area contributed by atoms with E-state index in [4.69, 9.17) is 4.98 Å². The zero-order valence-corrected chi connectivity index (χ0v) is 16.7. The van der Waals surface area contributed by atoms with E-state index in [0.29, 0.717) is 16.9 Å². The number of rotatable bonds is 2. The number of aromatic nitrogens is 5. The maximum absolute atomic E-state index is 13.0. The minimum absolute atomic E-state index is 0.157. The summed E-state index contributed by atoms with van der Waals surface area (Å²) in [5.41, 5.74) is 3.29. The minimum atomic E-state index is -0.426. The number of hydrogen-bond acceptors (Lipinski definition) is 4. The quantitative estimate of drug-likeness (QED) is 0.492. The summed E-state index contributed by atoms with van der Waals surface area (Å²) >= 11 is 0. The van der Waals surface area contributed by atoms with Crippen molar-refractivity contribution >= 4 is 16.9 Å². The summed E-state index contributed by atoms with van der Waals surface area (Å²) in [7, 11) is 3.07. The normalized spacial score (nSPS) is 11.6. The number of imidazole rings is 2. The molecule has 0 aliphatic rings. The fourth-order valence-electron chi connectivity index (χ4n) is 4.00. The molecule has 8 heteroatoms. The molecule has 30 heavy (non-hydrogen) atoms. The smallest absolute Gasteiger partial charge is 0.332 e. The van der Waals surface area contributed by atoms with Crippen molar-refractivity contribution in [3.8, 4) is 22.7 Å². The van der Waals surface area contributed by atoms with Gasteiger partial charge >= 0.3 is 5.69 Å². The molecule has 0 bridgehead atoms. The second-order valence-electron chi connectivity index (χ2n) is 7.28. The third-order valence-corrected chi connectivity index (χ3v) is 5.50. The molecule has 0 aliphatic carbocycles. The van der Waals surface area contributed by atoms with Crippen molar-refractivity contribution in [2.75, 3.05) is 0 Å². The maximum atomic E-state index is 13.0. The standard InChI is InChI=1S/C22H19N5O3/c1-13-17(14-7-5-4-6-8-14)27(15-9-11-16(28)12-10-15)21-23-19-18(26(13)21)20(29)25(3)22(30)24(19)2/h4-12,28H,1-3H3. The average Bonchev–Trinajstić information content (AvgIpc) is 3.27. The molecule has 1 N–H and O–H groups in total. The molecule has 0 atom stereocenters. The van der Waals surface area contributed by atoms with Gasteiger partial charge in [-0.3, -0.25) is 22.9 Å². The van der Waals surface area contributed by atoms with Crippen molar-refractivity contribution in [1.82, 2.24) is 23.1 Å². The molecule has 0 amide bonds. The zero-order chi connectivity index (χ0) is 21.2. The van der Waals surface area contributed by atoms with Crippen LogP contribution in [0.2, 0.25) is 0 Å². The monoisotopic (exact) mass is 401 g/mol. The molecule has 0 radical (unpaired) electrons. The lowest BCUT2D eigenvalue weighted by Gasteiger charge is -2.10. The Morgan fingerprint density at radius 3 is 2.23 bits per heavy atom. The van der Waals surface area contributed by atoms with Crippen LogP contribution >= 0.6 is 0 Å². The fraction of sp³-hybridized carbons (Fsp3) is 0.136. The first-order chi connectivity index (χ1) is 14.4. The Morgan fingerprint density at radius 1 is 0.900 bits per heavy atom. The molecule has 0 saturated carbocycles. The van der Waals surface area contributed by atoms with Crippen LogP contribution in [-0.4, -0.2) is 28.2 Å². The van der Waals surface area contributed by atoms with Gasteiger partial charge < -0.3 is 5.11 Å². The SMILES string of the molecule is Cc1c(-c2ccccc2)n(-c2ccc(O)cc2)c2nc3c(c(=O)n(C)c(=O)n3C)n12. The highest BCUT2D eigenvalue weighted by molar-refractivity contribution is 5.81. The molecule has 150 valence electrons. The molecule has 0 spiro atoms. The molecule has 0 saturated heterocycles. The van der Waals surface area contributed by atoms with Crippen molar-refractivity contribution in [2.45, 2.75) is 6.92 Å². The van der Waals surface area contributed by atoms with Crippen LogP contribution in [0.1, 0.15) is 5.69 Å². The summed E-state index contributed by atoms with van der Waals surface area (Å²) in [6, 6.07) is 16.6. The van der Waals surface area contributed by atoms with E-state index in [1.165, 1.54) is 11.6 Å². The Labute approximate surface area is 170 Å². The van der Waals surface area contributed by atoms with Crippen molar-refractivity contribution in [1.29, 1.82) is 0 Å². The van der Waals surface area contributed by atoms with E-state index in [2.05, 4.69) is 0 Å². The predicted octanol–water partition coefficient (Wildman–Crippen LogP) is 2.36. The van der Waals surface area contributed by atoms with E-state index < -0.39 is 11.2 Å². The molecule has 8 nitrogen and oxygen atoms in total. The number of phenols is 1. The van der Waals surface area contributed by atoms with Gasteiger partial charge in [-0.25, -0.2) is 4.79 Å². The number of fused-ring (bicyclic) bond motifs is 3. The maximum Gasteiger partial charge on any atom is 0.332 e. The van der Waals surface area contributed by atoms with E-state index in [1.807, 2.05) is 41.8 Å². The van der Waals surface area contributed by atoms with Gasteiger partial charge in [-0.2, -0.15) is 4.98 Å². The highest BCUT2D eigenvalue weighted by Crippen LogP contribution is 2.32. The lowest BCUT2D eigenvalue weighted by atomic mass is 10.1. The van der Waals surface area contributed by atoms with Gasteiger partial charge in [0.05, 0.1) is 5.69 Å². The van der Waals surface area contributed by atoms with Gasteiger partial charge in [0.1, 0.15) is 5.75 Å². The lowest BCUT2D eigenvalue weighted by Crippen LogP contribution is -2.37. The van der Waals surface area contributed by atoms with Gasteiger partial charge in [-0.15, -0.1) is 0 Å². The summed E-state index contributed by atoms with van der Waals surface area (Å²) in [6.07, 6.45) is 0. The lowest BCUT2D eigenvalue weighted by molar-refractivity contribution is 0.475. The molecule has 3 aromatic heterocycles. The van der Waals surface area contributed by atoms with Crippen LogP contribution in [0.5, 0.6) is 5.75 Å². The van der Waals surface area contributed by atoms with Crippen LogP contribution in [0.3, 0.4) is 0 Å². The third-order valence-electron chi connectivity index (χ3n) is 5.50. The van der Waals surface area contributed by atoms with Gasteiger partial charge in [0, 0.05) is 31.0 Å². The van der Waals surface area contributed by atoms with Gasteiger partial charge in [0.2, 0.25) is 5.78 Å². The Kier molecular flexibility index (Phi) is 3.73. The van der Waals surface area contributed by atoms with Crippen LogP contribution < -0.4 is 11.2 Å². The van der Waals surface area contributed by atoms with Gasteiger partial charge in [0.15, 0.2) is 11.2 Å². The average molecular weight is 401 g/mol. The summed E-state index contributed by atoms with van der Waals surface area (Å²) in [4.78, 5) is 30.1. The fourth-order valence-corrected chi connectivity index (χ4v) is 4.00. The van der Waals surface area contributed by atoms with Crippen molar-refractivity contribution in [3.63, 3.8) is 0 Å². The van der Waals surface area contributed by atoms with Crippen LogP contribution in [0.15, 0.2) is 64.2 Å². The van der Waals surface area contributed by atoms with Crippen LogP contribution in [0.25, 0.3) is 33.9 Å². The molecule has 0 fully saturated rings. The molecule has 0 unspecified atom stereocenters. The van der Waals surface area contributed by atoms with E-state index >= 15 is 0 Å². The summed E-state index contributed by atoms with van der Waals surface area (Å²) in [5.74, 6) is 0.676. The number of aromatic hydroxyl groups is 1. The summed E-state index contributed by atoms with van der Waals surface area (Å²) in [6.45, 7) is 1.93. The van der Waals surface area contributed by atoms with Gasteiger partial charge in [-0.1, -0.05) is 30.3 Å². The first-order valence-corrected chi connectivity index (χ1v) is 9.44. The van der Waals surface area contributed by atoms with E-state index in [0.717, 1.165) is 27.2 Å². The van der Waals surface area contributed by atoms with Gasteiger partial charge in [-0.05, 0) is 31.2 Å². The second-order valence-corrected chi connectivity index (χ2v) is 7.28. The molecule has 3 heterocycles. The van der Waals surface area contributed by atoms with Crippen molar-refractivity contribution < 1.29 is 5.11 Å². The number of aryl methyl sites for hydroxylation is 2. The van der Waals surface area contributed by atoms with E-state index in [-0.39, 0.29) is 5.75 Å². The van der Waals surface area contributed by atoms with E-state index in [9.17, 15) is 14.7 Å². The summed E-state index contributed by atoms with van der Waals surface area (Å²) < 4.78 is 6.21. The Bertz CT molecular complexity index is 1550.